The molecule has 1 aliphatic rings. The fourth-order valence-corrected chi connectivity index (χ4v) is 3.20. The predicted molar refractivity (Wildman–Crippen MR) is 108 cm³/mol. The van der Waals surface area contributed by atoms with Gasteiger partial charge in [0.1, 0.15) is 0 Å². The molecule has 1 heterocycles. The summed E-state index contributed by atoms with van der Waals surface area (Å²) in [5.74, 6) is -0.794. The number of esters is 1. The highest BCUT2D eigenvalue weighted by atomic mass is 16.5. The lowest BCUT2D eigenvalue weighted by Crippen LogP contribution is -2.21. The molecule has 3 rings (SSSR count). The number of nitrogens with zero attached hydrogens (tertiary/aromatic N) is 2. The van der Waals surface area contributed by atoms with Gasteiger partial charge in [-0.05, 0) is 48.7 Å². The van der Waals surface area contributed by atoms with E-state index in [0.29, 0.717) is 22.4 Å². The molecule has 0 atom stereocenters. The molecule has 0 bridgehead atoms. The molecule has 1 aliphatic heterocycles. The third kappa shape index (κ3) is 4.38. The molecule has 0 saturated carbocycles. The number of rotatable bonds is 5. The summed E-state index contributed by atoms with van der Waals surface area (Å²) in [6.45, 7) is 1.82. The van der Waals surface area contributed by atoms with Gasteiger partial charge in [0.15, 0.2) is 0 Å². The Balaban J connectivity index is 1.84. The summed E-state index contributed by atoms with van der Waals surface area (Å²) in [7, 11) is 1.32. The van der Waals surface area contributed by atoms with E-state index in [4.69, 9.17) is 10.00 Å². The van der Waals surface area contributed by atoms with Crippen LogP contribution in [0.1, 0.15) is 34.3 Å². The second kappa shape index (κ2) is 8.87. The minimum absolute atomic E-state index is 0.338. The van der Waals surface area contributed by atoms with Crippen molar-refractivity contribution in [2.75, 3.05) is 30.4 Å². The van der Waals surface area contributed by atoms with E-state index in [0.717, 1.165) is 31.6 Å². The first-order valence-electron chi connectivity index (χ1n) is 9.08. The van der Waals surface area contributed by atoms with E-state index in [9.17, 15) is 9.59 Å². The van der Waals surface area contributed by atoms with E-state index in [1.165, 1.54) is 13.2 Å². The van der Waals surface area contributed by atoms with Gasteiger partial charge in [-0.25, -0.2) is 4.79 Å². The molecule has 0 aliphatic carbocycles. The number of anilines is 2. The zero-order valence-electron chi connectivity index (χ0n) is 15.6. The molecular formula is C22H21N3O3. The van der Waals surface area contributed by atoms with Gasteiger partial charge in [-0.1, -0.05) is 18.2 Å². The average Bonchev–Trinajstić information content (AvgIpc) is 3.26. The highest BCUT2D eigenvalue weighted by Crippen LogP contribution is 2.30. The van der Waals surface area contributed by atoms with Crippen molar-refractivity contribution in [1.29, 1.82) is 5.26 Å². The largest absolute Gasteiger partial charge is 0.465 e. The molecule has 1 amide bonds. The van der Waals surface area contributed by atoms with E-state index in [-0.39, 0.29) is 5.91 Å². The van der Waals surface area contributed by atoms with Gasteiger partial charge < -0.3 is 15.0 Å². The van der Waals surface area contributed by atoms with E-state index >= 15 is 0 Å². The van der Waals surface area contributed by atoms with Crippen molar-refractivity contribution < 1.29 is 14.3 Å². The lowest BCUT2D eigenvalue weighted by molar-refractivity contribution is -0.111. The number of carbonyl (C=O) groups excluding carboxylic acids is 2. The maximum atomic E-state index is 12.5. The van der Waals surface area contributed by atoms with Crippen molar-refractivity contribution in [3.05, 3.63) is 65.2 Å². The smallest absolute Gasteiger partial charge is 0.337 e. The van der Waals surface area contributed by atoms with Crippen LogP contribution in [0.5, 0.6) is 0 Å². The summed E-state index contributed by atoms with van der Waals surface area (Å²) in [5, 5.41) is 12.0. The maximum absolute atomic E-state index is 12.5. The van der Waals surface area contributed by atoms with Gasteiger partial charge in [-0.2, -0.15) is 5.26 Å². The van der Waals surface area contributed by atoms with Crippen LogP contribution in [0.25, 0.3) is 6.08 Å². The van der Waals surface area contributed by atoms with Gasteiger partial charge in [-0.3, -0.25) is 4.79 Å². The number of ether oxygens (including phenoxy) is 1. The van der Waals surface area contributed by atoms with Crippen molar-refractivity contribution in [1.82, 2.24) is 0 Å². The van der Waals surface area contributed by atoms with Crippen LogP contribution in [0, 0.1) is 11.3 Å². The molecule has 6 nitrogen and oxygen atoms in total. The Morgan fingerprint density at radius 2 is 1.93 bits per heavy atom. The van der Waals surface area contributed by atoms with Crippen LogP contribution < -0.4 is 10.2 Å². The SMILES string of the molecule is COC(=O)c1ccc(N2CCCC2)c(NC(=O)/C=C/c2ccccc2C#N)c1. The number of hydrogen-bond donors (Lipinski definition) is 1. The summed E-state index contributed by atoms with van der Waals surface area (Å²) in [4.78, 5) is 26.5. The predicted octanol–water partition coefficient (Wildman–Crippen LogP) is 3.60. The van der Waals surface area contributed by atoms with Crippen molar-refractivity contribution in [2.24, 2.45) is 0 Å². The standard InChI is InChI=1S/C22H21N3O3/c1-28-22(27)17-8-10-20(25-12-4-5-13-25)19(14-17)24-21(26)11-9-16-6-2-3-7-18(16)15-23/h2-3,6-11,14H,4-5,12-13H2,1H3,(H,24,26)/b11-9+. The Morgan fingerprint density at radius 3 is 2.64 bits per heavy atom. The number of benzene rings is 2. The minimum Gasteiger partial charge on any atom is -0.465 e. The lowest BCUT2D eigenvalue weighted by atomic mass is 10.1. The molecule has 0 aromatic heterocycles. The fraction of sp³-hybridized carbons (Fsp3) is 0.227. The number of carbonyl (C=O) groups is 2. The third-order valence-corrected chi connectivity index (χ3v) is 4.62. The monoisotopic (exact) mass is 375 g/mol. The summed E-state index contributed by atoms with van der Waals surface area (Å²) in [6.07, 6.45) is 5.18. The molecule has 6 heteroatoms. The molecule has 142 valence electrons. The van der Waals surface area contributed by atoms with Gasteiger partial charge in [0.25, 0.3) is 0 Å². The first-order chi connectivity index (χ1) is 13.6. The van der Waals surface area contributed by atoms with Crippen LogP contribution in [-0.2, 0) is 9.53 Å². The van der Waals surface area contributed by atoms with Crippen LogP contribution in [0.15, 0.2) is 48.5 Å². The molecule has 2 aromatic rings. The number of nitrogens with one attached hydrogen (secondary N) is 1. The minimum atomic E-state index is -0.457. The number of nitriles is 1. The van der Waals surface area contributed by atoms with Gasteiger partial charge in [0.2, 0.25) is 5.91 Å². The van der Waals surface area contributed by atoms with Crippen LogP contribution in [0.3, 0.4) is 0 Å². The topological polar surface area (TPSA) is 82.4 Å². The molecule has 1 N–H and O–H groups in total. The zero-order chi connectivity index (χ0) is 19.9. The normalized spacial score (nSPS) is 13.4. The molecule has 0 spiro atoms. The number of hydrogen-bond acceptors (Lipinski definition) is 5. The van der Waals surface area contributed by atoms with Crippen molar-refractivity contribution >= 4 is 29.3 Å². The Hall–Kier alpha value is -3.59. The summed E-state index contributed by atoms with van der Waals surface area (Å²) in [6, 6.07) is 14.3. The van der Waals surface area contributed by atoms with E-state index in [1.54, 1.807) is 36.4 Å². The molecule has 28 heavy (non-hydrogen) atoms. The number of amides is 1. The lowest BCUT2D eigenvalue weighted by Gasteiger charge is -2.22. The quantitative estimate of drug-likeness (QED) is 0.638. The Morgan fingerprint density at radius 1 is 1.18 bits per heavy atom. The van der Waals surface area contributed by atoms with Crippen molar-refractivity contribution in [3.8, 4) is 6.07 Å². The van der Waals surface area contributed by atoms with Gasteiger partial charge in [-0.15, -0.1) is 0 Å². The maximum Gasteiger partial charge on any atom is 0.337 e. The van der Waals surface area contributed by atoms with E-state index in [1.807, 2.05) is 12.1 Å². The zero-order valence-corrected chi connectivity index (χ0v) is 15.6. The molecule has 1 fully saturated rings. The van der Waals surface area contributed by atoms with Crippen molar-refractivity contribution in [2.45, 2.75) is 12.8 Å². The second-order valence-corrected chi connectivity index (χ2v) is 6.44. The summed E-state index contributed by atoms with van der Waals surface area (Å²) in [5.41, 5.74) is 2.98. The van der Waals surface area contributed by atoms with Crippen molar-refractivity contribution in [3.63, 3.8) is 0 Å². The first-order valence-corrected chi connectivity index (χ1v) is 9.08. The van der Waals surface area contributed by atoms with E-state index < -0.39 is 5.97 Å². The Labute approximate surface area is 164 Å². The number of methoxy groups -OCH3 is 1. The van der Waals surface area contributed by atoms with Gasteiger partial charge >= 0.3 is 5.97 Å². The average molecular weight is 375 g/mol. The summed E-state index contributed by atoms with van der Waals surface area (Å²) < 4.78 is 4.78. The molecular weight excluding hydrogens is 354 g/mol. The van der Waals surface area contributed by atoms with Gasteiger partial charge in [0.05, 0.1) is 35.7 Å². The highest BCUT2D eigenvalue weighted by Gasteiger charge is 2.18. The van der Waals surface area contributed by atoms with Gasteiger partial charge in [0, 0.05) is 19.2 Å². The molecule has 0 unspecified atom stereocenters. The first kappa shape index (κ1) is 19.2. The second-order valence-electron chi connectivity index (χ2n) is 6.44. The van der Waals surface area contributed by atoms with Crippen LogP contribution in [0.2, 0.25) is 0 Å². The Kier molecular flexibility index (Phi) is 6.07. The molecule has 2 aromatic carbocycles. The molecule has 1 saturated heterocycles. The van der Waals surface area contributed by atoms with Crippen LogP contribution >= 0.6 is 0 Å². The fourth-order valence-electron chi connectivity index (χ4n) is 3.20. The molecule has 0 radical (unpaired) electrons. The van der Waals surface area contributed by atoms with Crippen LogP contribution in [-0.4, -0.2) is 32.1 Å². The summed E-state index contributed by atoms with van der Waals surface area (Å²) >= 11 is 0. The Bertz CT molecular complexity index is 954. The van der Waals surface area contributed by atoms with E-state index in [2.05, 4.69) is 16.3 Å². The third-order valence-electron chi connectivity index (χ3n) is 4.62. The van der Waals surface area contributed by atoms with Crippen LogP contribution in [0.4, 0.5) is 11.4 Å². The highest BCUT2D eigenvalue weighted by molar-refractivity contribution is 6.05.